The number of phenols is 1. The molecule has 17 heavy (non-hydrogen) atoms. The standard InChI is InChI=1S/C14H14O3/c1-9-3-4-11(14(9)16)7-10-5-6-12(17-2)8-13(10)15/h5-8,15H,1,3-4H2,2H3/b11-7+. The van der Waals surface area contributed by atoms with Gasteiger partial charge in [0.25, 0.3) is 0 Å². The second-order valence-electron chi connectivity index (χ2n) is 4.03. The Labute approximate surface area is 100 Å². The van der Waals surface area contributed by atoms with E-state index < -0.39 is 0 Å². The minimum atomic E-state index is 0.000202. The molecule has 0 heterocycles. The first kappa shape index (κ1) is 11.5. The molecule has 0 aromatic heterocycles. The molecule has 0 atom stereocenters. The second kappa shape index (κ2) is 4.45. The first-order valence-electron chi connectivity index (χ1n) is 5.42. The molecule has 1 aliphatic carbocycles. The van der Waals surface area contributed by atoms with Crippen LogP contribution in [0.5, 0.6) is 11.5 Å². The molecule has 1 saturated carbocycles. The van der Waals surface area contributed by atoms with E-state index in [1.165, 1.54) is 13.2 Å². The van der Waals surface area contributed by atoms with Crippen LogP contribution in [0, 0.1) is 0 Å². The molecule has 0 radical (unpaired) electrons. The van der Waals surface area contributed by atoms with Crippen molar-refractivity contribution in [3.8, 4) is 11.5 Å². The van der Waals surface area contributed by atoms with Crippen LogP contribution < -0.4 is 4.74 Å². The number of hydrogen-bond acceptors (Lipinski definition) is 3. The summed E-state index contributed by atoms with van der Waals surface area (Å²) in [4.78, 5) is 11.7. The lowest BCUT2D eigenvalue weighted by Crippen LogP contribution is -1.94. The van der Waals surface area contributed by atoms with Gasteiger partial charge in [0.15, 0.2) is 5.78 Å². The van der Waals surface area contributed by atoms with Crippen LogP contribution in [0.15, 0.2) is 35.9 Å². The van der Waals surface area contributed by atoms with Crippen LogP contribution >= 0.6 is 0 Å². The van der Waals surface area contributed by atoms with Crippen LogP contribution in [0.4, 0.5) is 0 Å². The van der Waals surface area contributed by atoms with Crippen molar-refractivity contribution in [1.82, 2.24) is 0 Å². The van der Waals surface area contributed by atoms with Gasteiger partial charge in [-0.05, 0) is 36.6 Å². The van der Waals surface area contributed by atoms with Crippen LogP contribution in [0.1, 0.15) is 18.4 Å². The Kier molecular flexibility index (Phi) is 3.00. The van der Waals surface area contributed by atoms with Crippen molar-refractivity contribution in [1.29, 1.82) is 0 Å². The molecule has 0 bridgehead atoms. The number of aromatic hydroxyl groups is 1. The number of carbonyl (C=O) groups excluding carboxylic acids is 1. The molecule has 3 nitrogen and oxygen atoms in total. The van der Waals surface area contributed by atoms with Crippen molar-refractivity contribution in [3.63, 3.8) is 0 Å². The first-order chi connectivity index (χ1) is 8.11. The highest BCUT2D eigenvalue weighted by molar-refractivity contribution is 6.13. The van der Waals surface area contributed by atoms with Crippen molar-refractivity contribution in [2.45, 2.75) is 12.8 Å². The number of ether oxygens (including phenoxy) is 1. The van der Waals surface area contributed by atoms with Crippen molar-refractivity contribution < 1.29 is 14.6 Å². The van der Waals surface area contributed by atoms with Crippen molar-refractivity contribution >= 4 is 11.9 Å². The van der Waals surface area contributed by atoms with Gasteiger partial charge in [-0.25, -0.2) is 0 Å². The number of hydrogen-bond donors (Lipinski definition) is 1. The summed E-state index contributed by atoms with van der Waals surface area (Å²) in [5.41, 5.74) is 1.98. The van der Waals surface area contributed by atoms with Gasteiger partial charge in [0.2, 0.25) is 0 Å². The van der Waals surface area contributed by atoms with E-state index in [-0.39, 0.29) is 11.5 Å². The van der Waals surface area contributed by atoms with Crippen LogP contribution in [-0.4, -0.2) is 18.0 Å². The average Bonchev–Trinajstić information content (AvgIpc) is 2.63. The zero-order valence-corrected chi connectivity index (χ0v) is 9.69. The molecule has 0 saturated heterocycles. The molecule has 1 fully saturated rings. The third kappa shape index (κ3) is 2.23. The summed E-state index contributed by atoms with van der Waals surface area (Å²) in [5, 5.41) is 9.78. The molecule has 1 N–H and O–H groups in total. The molecule has 0 amide bonds. The molecule has 2 rings (SSSR count). The lowest BCUT2D eigenvalue weighted by Gasteiger charge is -2.04. The zero-order chi connectivity index (χ0) is 12.4. The van der Waals surface area contributed by atoms with Crippen molar-refractivity contribution in [2.24, 2.45) is 0 Å². The van der Waals surface area contributed by atoms with E-state index in [1.807, 2.05) is 0 Å². The SMILES string of the molecule is C=C1CC/C(=C\c2ccc(OC)cc2O)C1=O. The minimum absolute atomic E-state index is 0.000202. The lowest BCUT2D eigenvalue weighted by atomic mass is 10.1. The predicted octanol–water partition coefficient (Wildman–Crippen LogP) is 2.70. The normalized spacial score (nSPS) is 17.8. The van der Waals surface area contributed by atoms with Crippen molar-refractivity contribution in [2.75, 3.05) is 7.11 Å². The average molecular weight is 230 g/mol. The second-order valence-corrected chi connectivity index (χ2v) is 4.03. The van der Waals surface area contributed by atoms with Crippen molar-refractivity contribution in [3.05, 3.63) is 41.5 Å². The Balaban J connectivity index is 2.33. The molecule has 3 heteroatoms. The van der Waals surface area contributed by atoms with E-state index in [2.05, 4.69) is 6.58 Å². The molecule has 1 aliphatic rings. The Morgan fingerprint density at radius 1 is 1.41 bits per heavy atom. The number of ketones is 1. The van der Waals surface area contributed by atoms with Gasteiger partial charge < -0.3 is 9.84 Å². The van der Waals surface area contributed by atoms with Gasteiger partial charge in [0, 0.05) is 17.2 Å². The summed E-state index contributed by atoms with van der Waals surface area (Å²) < 4.78 is 5.00. The highest BCUT2D eigenvalue weighted by atomic mass is 16.5. The van der Waals surface area contributed by atoms with Gasteiger partial charge in [0.05, 0.1) is 7.11 Å². The molecule has 88 valence electrons. The number of phenolic OH excluding ortho intramolecular Hbond substituents is 1. The smallest absolute Gasteiger partial charge is 0.184 e. The molecule has 0 unspecified atom stereocenters. The molecular weight excluding hydrogens is 216 g/mol. The van der Waals surface area contributed by atoms with E-state index in [9.17, 15) is 9.90 Å². The molecule has 1 aromatic carbocycles. The number of methoxy groups -OCH3 is 1. The summed E-state index contributed by atoms with van der Waals surface area (Å²) in [6.45, 7) is 3.70. The monoisotopic (exact) mass is 230 g/mol. The predicted molar refractivity (Wildman–Crippen MR) is 66.0 cm³/mol. The number of rotatable bonds is 2. The lowest BCUT2D eigenvalue weighted by molar-refractivity contribution is -0.111. The quantitative estimate of drug-likeness (QED) is 0.794. The van der Waals surface area contributed by atoms with E-state index in [0.717, 1.165) is 0 Å². The van der Waals surface area contributed by atoms with Crippen LogP contribution in [0.3, 0.4) is 0 Å². The Hall–Kier alpha value is -2.03. The summed E-state index contributed by atoms with van der Waals surface area (Å²) in [7, 11) is 1.54. The van der Waals surface area contributed by atoms with Gasteiger partial charge in [-0.15, -0.1) is 0 Å². The summed E-state index contributed by atoms with van der Waals surface area (Å²) in [6, 6.07) is 5.01. The van der Waals surface area contributed by atoms with E-state index in [4.69, 9.17) is 4.74 Å². The number of carbonyl (C=O) groups is 1. The number of Topliss-reactive ketones (excluding diaryl/α,β-unsaturated/α-hetero) is 1. The molecular formula is C14H14O3. The van der Waals surface area contributed by atoms with Gasteiger partial charge in [-0.2, -0.15) is 0 Å². The molecule has 0 spiro atoms. The fourth-order valence-corrected chi connectivity index (χ4v) is 1.84. The van der Waals surface area contributed by atoms with E-state index in [1.54, 1.807) is 18.2 Å². The third-order valence-corrected chi connectivity index (χ3v) is 2.88. The minimum Gasteiger partial charge on any atom is -0.507 e. The number of allylic oxidation sites excluding steroid dienone is 2. The maximum atomic E-state index is 11.7. The van der Waals surface area contributed by atoms with E-state index >= 15 is 0 Å². The Bertz CT molecular complexity index is 512. The van der Waals surface area contributed by atoms with Crippen LogP contribution in [0.25, 0.3) is 6.08 Å². The fraction of sp³-hybridized carbons (Fsp3) is 0.214. The maximum Gasteiger partial charge on any atom is 0.184 e. The van der Waals surface area contributed by atoms with E-state index in [0.29, 0.717) is 35.3 Å². The zero-order valence-electron chi connectivity index (χ0n) is 9.69. The summed E-state index contributed by atoms with van der Waals surface area (Å²) in [5.74, 6) is 0.703. The summed E-state index contributed by atoms with van der Waals surface area (Å²) >= 11 is 0. The Morgan fingerprint density at radius 2 is 2.18 bits per heavy atom. The Morgan fingerprint density at radius 3 is 2.71 bits per heavy atom. The molecule has 1 aromatic rings. The molecule has 0 aliphatic heterocycles. The van der Waals surface area contributed by atoms with Crippen LogP contribution in [-0.2, 0) is 4.79 Å². The highest BCUT2D eigenvalue weighted by Crippen LogP contribution is 2.30. The fourth-order valence-electron chi connectivity index (χ4n) is 1.84. The highest BCUT2D eigenvalue weighted by Gasteiger charge is 2.21. The maximum absolute atomic E-state index is 11.7. The largest absolute Gasteiger partial charge is 0.507 e. The summed E-state index contributed by atoms with van der Waals surface area (Å²) in [6.07, 6.45) is 3.13. The van der Waals surface area contributed by atoms with Gasteiger partial charge >= 0.3 is 0 Å². The van der Waals surface area contributed by atoms with Gasteiger partial charge in [0.1, 0.15) is 11.5 Å². The third-order valence-electron chi connectivity index (χ3n) is 2.88. The van der Waals surface area contributed by atoms with Crippen LogP contribution in [0.2, 0.25) is 0 Å². The van der Waals surface area contributed by atoms with Gasteiger partial charge in [-0.1, -0.05) is 6.58 Å². The number of benzene rings is 1. The van der Waals surface area contributed by atoms with Gasteiger partial charge in [-0.3, -0.25) is 4.79 Å². The first-order valence-corrected chi connectivity index (χ1v) is 5.42. The topological polar surface area (TPSA) is 46.5 Å².